The number of anilines is 1. The van der Waals surface area contributed by atoms with Gasteiger partial charge in [0.2, 0.25) is 5.91 Å². The first-order valence-electron chi connectivity index (χ1n) is 16.0. The molecule has 238 valence electrons. The average molecular weight is 599 g/mol. The molecule has 0 aromatic heterocycles. The van der Waals surface area contributed by atoms with E-state index >= 15 is 0 Å². The minimum atomic E-state index is -0.529. The van der Waals surface area contributed by atoms with Crippen molar-refractivity contribution in [2.75, 3.05) is 51.3 Å². The van der Waals surface area contributed by atoms with Crippen molar-refractivity contribution in [2.45, 2.75) is 90.6 Å². The van der Waals surface area contributed by atoms with E-state index in [-0.39, 0.29) is 41.6 Å². The highest BCUT2D eigenvalue weighted by Gasteiger charge is 2.54. The number of rotatable bonds is 5. The molecule has 0 spiro atoms. The molecule has 0 radical (unpaired) electrons. The number of fused-ring (bicyclic) bond motifs is 1. The van der Waals surface area contributed by atoms with Crippen LogP contribution in [0.15, 0.2) is 18.2 Å². The second kappa shape index (κ2) is 12.6. The molecule has 4 saturated heterocycles. The third kappa shape index (κ3) is 6.78. The molecule has 4 aliphatic heterocycles. The Kier molecular flexibility index (Phi) is 9.25. The van der Waals surface area contributed by atoms with Gasteiger partial charge in [-0.25, -0.2) is 15.2 Å². The van der Waals surface area contributed by atoms with E-state index in [1.807, 2.05) is 50.8 Å². The lowest BCUT2D eigenvalue weighted by molar-refractivity contribution is -0.128. The summed E-state index contributed by atoms with van der Waals surface area (Å²) >= 11 is 0. The number of hydrazine groups is 1. The fourth-order valence-corrected chi connectivity index (χ4v) is 7.12. The summed E-state index contributed by atoms with van der Waals surface area (Å²) in [6.07, 6.45) is 2.77. The van der Waals surface area contributed by atoms with Gasteiger partial charge in [0.05, 0.1) is 19.1 Å². The Morgan fingerprint density at radius 1 is 1.16 bits per heavy atom. The zero-order chi connectivity index (χ0) is 30.9. The molecular weight excluding hydrogens is 548 g/mol. The highest BCUT2D eigenvalue weighted by molar-refractivity contribution is 5.96. The summed E-state index contributed by atoms with van der Waals surface area (Å²) in [7, 11) is 0. The maximum atomic E-state index is 13.4. The van der Waals surface area contributed by atoms with Gasteiger partial charge in [-0.2, -0.15) is 0 Å². The molecule has 43 heavy (non-hydrogen) atoms. The van der Waals surface area contributed by atoms with E-state index in [9.17, 15) is 14.4 Å². The fraction of sp³-hybridized carbons (Fsp3) is 0.719. The van der Waals surface area contributed by atoms with Crippen LogP contribution in [-0.4, -0.2) is 102 Å². The molecule has 11 nitrogen and oxygen atoms in total. The molecular formula is C32H50N6O5. The van der Waals surface area contributed by atoms with Crippen molar-refractivity contribution >= 4 is 23.6 Å². The number of benzene rings is 1. The highest BCUT2D eigenvalue weighted by atomic mass is 16.6. The molecule has 1 aromatic carbocycles. The number of carbonyl (C=O) groups is 3. The number of piperidine rings is 2. The van der Waals surface area contributed by atoms with Crippen molar-refractivity contribution < 1.29 is 23.9 Å². The maximum Gasteiger partial charge on any atom is 0.410 e. The van der Waals surface area contributed by atoms with Crippen LogP contribution in [0.25, 0.3) is 0 Å². The number of nitrogens with zero attached hydrogens (tertiary/aromatic N) is 3. The molecule has 3 amide bonds. The maximum absolute atomic E-state index is 13.4. The molecule has 5 rings (SSSR count). The molecule has 0 aliphatic carbocycles. The second-order valence-corrected chi connectivity index (χ2v) is 13.8. The lowest BCUT2D eigenvalue weighted by atomic mass is 9.81. The van der Waals surface area contributed by atoms with Gasteiger partial charge in [0.1, 0.15) is 11.8 Å². The predicted molar refractivity (Wildman–Crippen MR) is 164 cm³/mol. The Morgan fingerprint density at radius 3 is 2.58 bits per heavy atom. The number of aryl methyl sites for hydroxylation is 1. The van der Waals surface area contributed by atoms with Gasteiger partial charge in [-0.1, -0.05) is 13.8 Å². The number of ether oxygens (including phenoxy) is 2. The number of amides is 3. The second-order valence-electron chi connectivity index (χ2n) is 13.8. The van der Waals surface area contributed by atoms with Gasteiger partial charge in [-0.15, -0.1) is 0 Å². The summed E-state index contributed by atoms with van der Waals surface area (Å²) in [5, 5.41) is 9.01. The standard InChI is InChI=1S/C32H50N6O5/c1-7-32(11-14-36(15-12-32)30(41)43-31(4,5)6)38-25-10-13-33-28(39)26(25)27(35-38)34-23-8-9-24(22(3)18-23)29(40)37-16-17-42-20-21(2)19-37/h8-9,18,21,25-27,34-35H,7,10-17,19-20H2,1-6H3,(H,33,39). The van der Waals surface area contributed by atoms with Gasteiger partial charge in [0.15, 0.2) is 0 Å². The van der Waals surface area contributed by atoms with E-state index in [1.54, 1.807) is 4.90 Å². The minimum Gasteiger partial charge on any atom is -0.444 e. The SMILES string of the molecule is CCC1(N2NC(Nc3ccc(C(=O)N4CCOCC(C)C4)c(C)c3)C3C(=O)NCCC32)CCN(C(=O)OC(C)(C)C)CC1. The summed E-state index contributed by atoms with van der Waals surface area (Å²) in [5.41, 5.74) is 5.45. The van der Waals surface area contributed by atoms with Gasteiger partial charge >= 0.3 is 6.09 Å². The van der Waals surface area contributed by atoms with Crippen molar-refractivity contribution in [3.63, 3.8) is 0 Å². The molecule has 4 aliphatic rings. The van der Waals surface area contributed by atoms with Gasteiger partial charge in [0.25, 0.3) is 5.91 Å². The van der Waals surface area contributed by atoms with E-state index in [0.29, 0.717) is 57.4 Å². The van der Waals surface area contributed by atoms with Crippen molar-refractivity contribution in [3.8, 4) is 0 Å². The molecule has 3 N–H and O–H groups in total. The predicted octanol–water partition coefficient (Wildman–Crippen LogP) is 3.35. The number of carbonyl (C=O) groups excluding carboxylic acids is 3. The van der Waals surface area contributed by atoms with E-state index in [2.05, 4.69) is 34.9 Å². The number of hydrogen-bond acceptors (Lipinski definition) is 8. The Hall–Kier alpha value is -2.89. The summed E-state index contributed by atoms with van der Waals surface area (Å²) in [6.45, 7) is 16.3. The third-order valence-corrected chi connectivity index (χ3v) is 9.45. The van der Waals surface area contributed by atoms with Gasteiger partial charge in [-0.3, -0.25) is 9.59 Å². The van der Waals surface area contributed by atoms with Gasteiger partial charge in [0, 0.05) is 55.6 Å². The largest absolute Gasteiger partial charge is 0.444 e. The smallest absolute Gasteiger partial charge is 0.410 e. The summed E-state index contributed by atoms with van der Waals surface area (Å²) < 4.78 is 11.3. The minimum absolute atomic E-state index is 0.0286. The van der Waals surface area contributed by atoms with E-state index in [0.717, 1.165) is 36.9 Å². The normalized spacial score (nSPS) is 28.1. The van der Waals surface area contributed by atoms with Crippen molar-refractivity contribution in [2.24, 2.45) is 11.8 Å². The summed E-state index contributed by atoms with van der Waals surface area (Å²) in [5.74, 6) is 0.0963. The van der Waals surface area contributed by atoms with Gasteiger partial charge < -0.3 is 29.9 Å². The molecule has 4 heterocycles. The Labute approximate surface area is 256 Å². The van der Waals surface area contributed by atoms with Crippen LogP contribution in [0.5, 0.6) is 0 Å². The number of nitrogens with one attached hydrogen (secondary N) is 3. The first kappa shape index (κ1) is 31.5. The van der Waals surface area contributed by atoms with Crippen molar-refractivity contribution in [1.29, 1.82) is 0 Å². The molecule has 0 bridgehead atoms. The Balaban J connectivity index is 1.30. The molecule has 4 fully saturated rings. The van der Waals surface area contributed by atoms with Crippen LogP contribution in [-0.2, 0) is 14.3 Å². The van der Waals surface area contributed by atoms with Crippen LogP contribution >= 0.6 is 0 Å². The fourth-order valence-electron chi connectivity index (χ4n) is 7.12. The first-order valence-corrected chi connectivity index (χ1v) is 16.0. The van der Waals surface area contributed by atoms with Crippen molar-refractivity contribution in [1.82, 2.24) is 25.6 Å². The van der Waals surface area contributed by atoms with Crippen LogP contribution in [0.4, 0.5) is 10.5 Å². The molecule has 11 heteroatoms. The first-order chi connectivity index (χ1) is 20.4. The Morgan fingerprint density at radius 2 is 1.91 bits per heavy atom. The van der Waals surface area contributed by atoms with Crippen LogP contribution < -0.4 is 16.1 Å². The molecule has 1 aromatic rings. The highest BCUT2D eigenvalue weighted by Crippen LogP contribution is 2.40. The number of hydrogen-bond donors (Lipinski definition) is 3. The van der Waals surface area contributed by atoms with Gasteiger partial charge in [-0.05, 0) is 83.1 Å². The zero-order valence-electron chi connectivity index (χ0n) is 26.7. The van der Waals surface area contributed by atoms with Crippen LogP contribution in [0.3, 0.4) is 0 Å². The summed E-state index contributed by atoms with van der Waals surface area (Å²) in [4.78, 5) is 43.1. The van der Waals surface area contributed by atoms with Crippen molar-refractivity contribution in [3.05, 3.63) is 29.3 Å². The quantitative estimate of drug-likeness (QED) is 0.473. The molecule has 0 saturated carbocycles. The number of likely N-dealkylation sites (tertiary alicyclic amines) is 1. The lowest BCUT2D eigenvalue weighted by Crippen LogP contribution is -2.62. The average Bonchev–Trinajstić information content (AvgIpc) is 3.18. The third-order valence-electron chi connectivity index (χ3n) is 9.45. The monoisotopic (exact) mass is 598 g/mol. The van der Waals surface area contributed by atoms with Crippen LogP contribution in [0.1, 0.15) is 76.2 Å². The molecule has 4 atom stereocenters. The topological polar surface area (TPSA) is 115 Å². The van der Waals surface area contributed by atoms with E-state index in [4.69, 9.17) is 9.47 Å². The molecule has 4 unspecified atom stereocenters. The van der Waals surface area contributed by atoms with E-state index in [1.165, 1.54) is 0 Å². The summed E-state index contributed by atoms with van der Waals surface area (Å²) in [6, 6.07) is 5.86. The van der Waals surface area contributed by atoms with Crippen LogP contribution in [0.2, 0.25) is 0 Å². The zero-order valence-corrected chi connectivity index (χ0v) is 26.7. The lowest BCUT2D eigenvalue weighted by Gasteiger charge is -2.49. The van der Waals surface area contributed by atoms with E-state index < -0.39 is 5.60 Å². The Bertz CT molecular complexity index is 1190. The van der Waals surface area contributed by atoms with Crippen LogP contribution in [0, 0.1) is 18.8 Å².